The van der Waals surface area contributed by atoms with Gasteiger partial charge in [-0.05, 0) is 31.2 Å². The minimum Gasteiger partial charge on any atom is -0.478 e. The van der Waals surface area contributed by atoms with Gasteiger partial charge in [0, 0.05) is 22.4 Å². The van der Waals surface area contributed by atoms with Gasteiger partial charge in [-0.1, -0.05) is 27.2 Å². The zero-order valence-corrected chi connectivity index (χ0v) is 14.0. The van der Waals surface area contributed by atoms with Gasteiger partial charge in [0.05, 0.1) is 5.56 Å². The summed E-state index contributed by atoms with van der Waals surface area (Å²) in [7, 11) is 0. The quantitative estimate of drug-likeness (QED) is 0.886. The number of carboxylic acid groups (broad SMARTS) is 1. The van der Waals surface area contributed by atoms with E-state index in [1.165, 1.54) is 12.8 Å². The minimum absolute atomic E-state index is 0.170. The number of rotatable bonds is 4. The molecule has 1 aliphatic carbocycles. The fraction of sp³-hybridized carbons (Fsp3) is 0.625. The molecule has 2 unspecified atom stereocenters. The Morgan fingerprint density at radius 1 is 1.38 bits per heavy atom. The SMILES string of the molecule is CSC1CCCC1Nc1cc(C(=O)O)cc(C(C)(C)C)n1. The predicted octanol–water partition coefficient (Wildman–Crippen LogP) is 3.77. The van der Waals surface area contributed by atoms with Crippen LogP contribution in [0.5, 0.6) is 0 Å². The van der Waals surface area contributed by atoms with Gasteiger partial charge in [0.25, 0.3) is 0 Å². The lowest BCUT2D eigenvalue weighted by Crippen LogP contribution is -2.27. The van der Waals surface area contributed by atoms with E-state index < -0.39 is 5.97 Å². The van der Waals surface area contributed by atoms with Crippen LogP contribution in [0, 0.1) is 0 Å². The summed E-state index contributed by atoms with van der Waals surface area (Å²) in [6.07, 6.45) is 5.68. The topological polar surface area (TPSA) is 62.2 Å². The fourth-order valence-electron chi connectivity index (χ4n) is 2.68. The van der Waals surface area contributed by atoms with E-state index in [0.29, 0.717) is 22.7 Å². The number of aromatic nitrogens is 1. The van der Waals surface area contributed by atoms with E-state index in [-0.39, 0.29) is 5.41 Å². The number of carbonyl (C=O) groups is 1. The predicted molar refractivity (Wildman–Crippen MR) is 88.5 cm³/mol. The van der Waals surface area contributed by atoms with Crippen LogP contribution >= 0.6 is 11.8 Å². The summed E-state index contributed by atoms with van der Waals surface area (Å²) in [6, 6.07) is 3.70. The van der Waals surface area contributed by atoms with Crippen LogP contribution in [-0.4, -0.2) is 33.6 Å². The van der Waals surface area contributed by atoms with Gasteiger partial charge < -0.3 is 10.4 Å². The third-order valence-electron chi connectivity index (χ3n) is 3.93. The van der Waals surface area contributed by atoms with Crippen LogP contribution < -0.4 is 5.32 Å². The van der Waals surface area contributed by atoms with Crippen LogP contribution in [0.1, 0.15) is 56.1 Å². The maximum Gasteiger partial charge on any atom is 0.335 e. The van der Waals surface area contributed by atoms with Crippen molar-refractivity contribution in [3.8, 4) is 0 Å². The summed E-state index contributed by atoms with van der Waals surface area (Å²) < 4.78 is 0. The average molecular weight is 308 g/mol. The normalized spacial score (nSPS) is 22.3. The Morgan fingerprint density at radius 3 is 2.67 bits per heavy atom. The van der Waals surface area contributed by atoms with E-state index in [1.54, 1.807) is 12.1 Å². The van der Waals surface area contributed by atoms with Crippen LogP contribution in [0.2, 0.25) is 0 Å². The monoisotopic (exact) mass is 308 g/mol. The highest BCUT2D eigenvalue weighted by molar-refractivity contribution is 7.99. The fourth-order valence-corrected chi connectivity index (χ4v) is 3.61. The summed E-state index contributed by atoms with van der Waals surface area (Å²) in [6.45, 7) is 6.14. The highest BCUT2D eigenvalue weighted by Crippen LogP contribution is 2.31. The van der Waals surface area contributed by atoms with Crippen molar-refractivity contribution in [3.63, 3.8) is 0 Å². The maximum atomic E-state index is 11.3. The van der Waals surface area contributed by atoms with E-state index in [4.69, 9.17) is 0 Å². The highest BCUT2D eigenvalue weighted by atomic mass is 32.2. The number of aromatic carboxylic acids is 1. The molecule has 1 fully saturated rings. The van der Waals surface area contributed by atoms with Gasteiger partial charge in [-0.25, -0.2) is 9.78 Å². The third kappa shape index (κ3) is 3.90. The van der Waals surface area contributed by atoms with Crippen molar-refractivity contribution in [3.05, 3.63) is 23.4 Å². The molecule has 0 aliphatic heterocycles. The molecule has 0 saturated heterocycles. The number of hydrogen-bond donors (Lipinski definition) is 2. The van der Waals surface area contributed by atoms with Crippen molar-refractivity contribution < 1.29 is 9.90 Å². The first-order valence-electron chi connectivity index (χ1n) is 7.36. The first-order valence-corrected chi connectivity index (χ1v) is 8.65. The Kier molecular flexibility index (Phi) is 4.81. The van der Waals surface area contributed by atoms with Crippen LogP contribution in [0.15, 0.2) is 12.1 Å². The van der Waals surface area contributed by atoms with Crippen LogP contribution in [0.3, 0.4) is 0 Å². The van der Waals surface area contributed by atoms with Crippen molar-refractivity contribution in [2.75, 3.05) is 11.6 Å². The second-order valence-corrected chi connectivity index (χ2v) is 7.71. The number of anilines is 1. The first-order chi connectivity index (χ1) is 9.81. The van der Waals surface area contributed by atoms with Gasteiger partial charge in [-0.2, -0.15) is 11.8 Å². The summed E-state index contributed by atoms with van der Waals surface area (Å²) in [5.41, 5.74) is 0.941. The molecule has 0 amide bonds. The smallest absolute Gasteiger partial charge is 0.335 e. The van der Waals surface area contributed by atoms with E-state index >= 15 is 0 Å². The Hall–Kier alpha value is -1.23. The zero-order chi connectivity index (χ0) is 15.6. The van der Waals surface area contributed by atoms with Crippen LogP contribution in [0.25, 0.3) is 0 Å². The Bertz CT molecular complexity index is 525. The van der Waals surface area contributed by atoms with Crippen molar-refractivity contribution in [2.45, 2.75) is 56.7 Å². The molecule has 2 rings (SSSR count). The molecule has 116 valence electrons. The molecule has 1 aromatic rings. The van der Waals surface area contributed by atoms with Crippen molar-refractivity contribution in [1.82, 2.24) is 4.98 Å². The third-order valence-corrected chi connectivity index (χ3v) is 5.10. The molecule has 0 bridgehead atoms. The molecule has 1 aromatic heterocycles. The van der Waals surface area contributed by atoms with E-state index in [9.17, 15) is 9.90 Å². The lowest BCUT2D eigenvalue weighted by molar-refractivity contribution is 0.0696. The lowest BCUT2D eigenvalue weighted by atomic mass is 9.90. The standard InChI is InChI=1S/C16H24N2O2S/c1-16(2,3)13-8-10(15(19)20)9-14(18-13)17-11-6-5-7-12(11)21-4/h8-9,11-12H,5-7H2,1-4H3,(H,17,18)(H,19,20). The number of nitrogens with zero attached hydrogens (tertiary/aromatic N) is 1. The second kappa shape index (κ2) is 6.26. The molecule has 2 N–H and O–H groups in total. The highest BCUT2D eigenvalue weighted by Gasteiger charge is 2.27. The van der Waals surface area contributed by atoms with Crippen LogP contribution in [0.4, 0.5) is 5.82 Å². The summed E-state index contributed by atoms with van der Waals surface area (Å²) in [5.74, 6) is -0.218. The van der Waals surface area contributed by atoms with Crippen molar-refractivity contribution in [2.24, 2.45) is 0 Å². The molecule has 1 saturated carbocycles. The largest absolute Gasteiger partial charge is 0.478 e. The molecular weight excluding hydrogens is 284 g/mol. The zero-order valence-electron chi connectivity index (χ0n) is 13.1. The van der Waals surface area contributed by atoms with E-state index in [0.717, 1.165) is 12.1 Å². The van der Waals surface area contributed by atoms with E-state index in [1.807, 2.05) is 32.5 Å². The molecule has 21 heavy (non-hydrogen) atoms. The molecular formula is C16H24N2O2S. The van der Waals surface area contributed by atoms with Gasteiger partial charge in [0.2, 0.25) is 0 Å². The Balaban J connectivity index is 2.30. The molecule has 0 spiro atoms. The maximum absolute atomic E-state index is 11.3. The Morgan fingerprint density at radius 2 is 2.10 bits per heavy atom. The average Bonchev–Trinajstić information content (AvgIpc) is 2.84. The molecule has 0 radical (unpaired) electrons. The van der Waals surface area contributed by atoms with Crippen LogP contribution in [-0.2, 0) is 5.41 Å². The molecule has 1 aliphatic rings. The molecule has 5 heteroatoms. The first kappa shape index (κ1) is 16.1. The molecule has 0 aromatic carbocycles. The summed E-state index contributed by atoms with van der Waals surface area (Å²) in [4.78, 5) is 16.0. The molecule has 4 nitrogen and oxygen atoms in total. The summed E-state index contributed by atoms with van der Waals surface area (Å²) >= 11 is 1.87. The van der Waals surface area contributed by atoms with Crippen molar-refractivity contribution in [1.29, 1.82) is 0 Å². The Labute approximate surface area is 130 Å². The van der Waals surface area contributed by atoms with Gasteiger partial charge in [-0.15, -0.1) is 0 Å². The number of thioether (sulfide) groups is 1. The second-order valence-electron chi connectivity index (χ2n) is 6.64. The number of pyridine rings is 1. The number of nitrogens with one attached hydrogen (secondary N) is 1. The van der Waals surface area contributed by atoms with E-state index in [2.05, 4.69) is 16.6 Å². The van der Waals surface area contributed by atoms with Crippen molar-refractivity contribution >= 4 is 23.5 Å². The number of hydrogen-bond acceptors (Lipinski definition) is 4. The number of carboxylic acids is 1. The molecule has 2 atom stereocenters. The summed E-state index contributed by atoms with van der Waals surface area (Å²) in [5, 5.41) is 13.3. The molecule has 1 heterocycles. The van der Waals surface area contributed by atoms with Gasteiger partial charge in [0.15, 0.2) is 0 Å². The lowest BCUT2D eigenvalue weighted by Gasteiger charge is -2.23. The minimum atomic E-state index is -0.904. The van der Waals surface area contributed by atoms with Gasteiger partial charge in [-0.3, -0.25) is 0 Å². The van der Waals surface area contributed by atoms with Gasteiger partial charge in [0.1, 0.15) is 5.82 Å². The van der Waals surface area contributed by atoms with Gasteiger partial charge >= 0.3 is 5.97 Å².